The van der Waals surface area contributed by atoms with Crippen molar-refractivity contribution < 1.29 is 0 Å². The zero-order chi connectivity index (χ0) is 13.3. The van der Waals surface area contributed by atoms with E-state index in [2.05, 4.69) is 44.9 Å². The molecule has 4 unspecified atom stereocenters. The molecule has 1 aliphatic carbocycles. The van der Waals surface area contributed by atoms with Crippen molar-refractivity contribution in [1.29, 1.82) is 0 Å². The summed E-state index contributed by atoms with van der Waals surface area (Å²) in [5, 5.41) is 4.99. The Hall–Kier alpha value is -0.410. The van der Waals surface area contributed by atoms with Crippen LogP contribution in [0.2, 0.25) is 0 Å². The Balaban J connectivity index is 2.00. The van der Waals surface area contributed by atoms with Crippen LogP contribution in [0.15, 0.2) is 0 Å². The fourth-order valence-corrected chi connectivity index (χ4v) is 4.32. The van der Waals surface area contributed by atoms with Crippen LogP contribution >= 0.6 is 11.3 Å². The third kappa shape index (κ3) is 2.77. The Bertz CT molecular complexity index is 399. The van der Waals surface area contributed by atoms with E-state index in [1.807, 2.05) is 11.3 Å². The summed E-state index contributed by atoms with van der Waals surface area (Å²) in [5.74, 6) is 1.71. The maximum Gasteiger partial charge on any atom is 0.0900 e. The number of hydrogen-bond acceptors (Lipinski definition) is 3. The fraction of sp³-hybridized carbons (Fsp3) is 0.800. The van der Waals surface area contributed by atoms with Gasteiger partial charge in [-0.05, 0) is 45.4 Å². The van der Waals surface area contributed by atoms with Gasteiger partial charge in [0.05, 0.1) is 10.7 Å². The summed E-state index contributed by atoms with van der Waals surface area (Å²) in [4.78, 5) is 6.04. The Morgan fingerprint density at radius 1 is 1.39 bits per heavy atom. The lowest BCUT2D eigenvalue weighted by Gasteiger charge is -2.24. The van der Waals surface area contributed by atoms with Crippen molar-refractivity contribution in [2.75, 3.05) is 0 Å². The van der Waals surface area contributed by atoms with E-state index in [1.54, 1.807) is 0 Å². The maximum atomic E-state index is 4.67. The van der Waals surface area contributed by atoms with Gasteiger partial charge in [0.15, 0.2) is 0 Å². The molecule has 0 aromatic carbocycles. The summed E-state index contributed by atoms with van der Waals surface area (Å²) in [6.07, 6.45) is 4.03. The van der Waals surface area contributed by atoms with Crippen molar-refractivity contribution in [3.8, 4) is 0 Å². The van der Waals surface area contributed by atoms with Crippen molar-refractivity contribution in [3.63, 3.8) is 0 Å². The molecule has 0 aliphatic heterocycles. The van der Waals surface area contributed by atoms with Crippen LogP contribution in [-0.4, -0.2) is 11.0 Å². The summed E-state index contributed by atoms with van der Waals surface area (Å²) < 4.78 is 0. The van der Waals surface area contributed by atoms with Crippen LogP contribution in [0.5, 0.6) is 0 Å². The minimum Gasteiger partial charge on any atom is -0.306 e. The molecule has 1 heterocycles. The van der Waals surface area contributed by atoms with Gasteiger partial charge >= 0.3 is 0 Å². The Morgan fingerprint density at radius 3 is 2.61 bits per heavy atom. The van der Waals surface area contributed by atoms with Crippen LogP contribution in [-0.2, 0) is 0 Å². The first-order valence-corrected chi connectivity index (χ1v) is 8.04. The fourth-order valence-electron chi connectivity index (χ4n) is 3.41. The first-order valence-electron chi connectivity index (χ1n) is 7.22. The Morgan fingerprint density at radius 2 is 2.11 bits per heavy atom. The molecule has 2 nitrogen and oxygen atoms in total. The molecule has 102 valence electrons. The summed E-state index contributed by atoms with van der Waals surface area (Å²) in [6, 6.07) is 1.06. The van der Waals surface area contributed by atoms with E-state index in [9.17, 15) is 0 Å². The van der Waals surface area contributed by atoms with Crippen LogP contribution in [0.3, 0.4) is 0 Å². The number of nitrogens with zero attached hydrogens (tertiary/aromatic N) is 1. The van der Waals surface area contributed by atoms with Gasteiger partial charge in [0.25, 0.3) is 0 Å². The molecule has 1 aromatic heterocycles. The second-order valence-electron chi connectivity index (χ2n) is 5.77. The van der Waals surface area contributed by atoms with Crippen molar-refractivity contribution in [1.82, 2.24) is 10.3 Å². The smallest absolute Gasteiger partial charge is 0.0900 e. The maximum absolute atomic E-state index is 4.67. The number of rotatable bonds is 4. The van der Waals surface area contributed by atoms with Gasteiger partial charge in [-0.15, -0.1) is 11.3 Å². The van der Waals surface area contributed by atoms with Gasteiger partial charge in [-0.25, -0.2) is 4.98 Å². The van der Waals surface area contributed by atoms with Gasteiger partial charge in [-0.1, -0.05) is 20.3 Å². The highest BCUT2D eigenvalue weighted by Crippen LogP contribution is 2.35. The van der Waals surface area contributed by atoms with Crippen molar-refractivity contribution >= 4 is 11.3 Å². The molecule has 2 rings (SSSR count). The number of hydrogen-bond donors (Lipinski definition) is 1. The predicted molar refractivity (Wildman–Crippen MR) is 79.1 cm³/mol. The van der Waals surface area contributed by atoms with Crippen molar-refractivity contribution in [2.24, 2.45) is 11.8 Å². The van der Waals surface area contributed by atoms with E-state index in [0.717, 1.165) is 11.8 Å². The van der Waals surface area contributed by atoms with Crippen LogP contribution in [0.25, 0.3) is 0 Å². The summed E-state index contributed by atoms with van der Waals surface area (Å²) in [7, 11) is 0. The van der Waals surface area contributed by atoms with Gasteiger partial charge in [-0.3, -0.25) is 0 Å². The number of aryl methyl sites for hydroxylation is 2. The highest BCUT2D eigenvalue weighted by atomic mass is 32.1. The first-order chi connectivity index (χ1) is 8.52. The summed E-state index contributed by atoms with van der Waals surface area (Å²) in [5.41, 5.74) is 1.25. The molecule has 0 radical (unpaired) electrons. The Labute approximate surface area is 115 Å². The molecular formula is C15H26N2S. The van der Waals surface area contributed by atoms with Crippen LogP contribution in [0.1, 0.15) is 61.7 Å². The Kier molecular flexibility index (Phi) is 4.44. The molecule has 0 amide bonds. The lowest BCUT2D eigenvalue weighted by molar-refractivity contribution is 0.325. The largest absolute Gasteiger partial charge is 0.306 e. The minimum absolute atomic E-state index is 0.387. The van der Waals surface area contributed by atoms with Gasteiger partial charge < -0.3 is 5.32 Å². The molecule has 1 aromatic rings. The van der Waals surface area contributed by atoms with Crippen molar-refractivity contribution in [2.45, 2.75) is 66.0 Å². The minimum atomic E-state index is 0.387. The van der Waals surface area contributed by atoms with Crippen LogP contribution < -0.4 is 5.32 Å². The molecule has 4 atom stereocenters. The average molecular weight is 266 g/mol. The molecule has 0 saturated heterocycles. The summed E-state index contributed by atoms with van der Waals surface area (Å²) >= 11 is 1.81. The lowest BCUT2D eigenvalue weighted by atomic mass is 9.93. The molecule has 0 spiro atoms. The third-order valence-corrected chi connectivity index (χ3v) is 5.47. The van der Waals surface area contributed by atoms with Gasteiger partial charge in [0, 0.05) is 17.0 Å². The highest BCUT2D eigenvalue weighted by Gasteiger charge is 2.32. The highest BCUT2D eigenvalue weighted by molar-refractivity contribution is 7.11. The van der Waals surface area contributed by atoms with E-state index < -0.39 is 0 Å². The number of nitrogens with one attached hydrogen (secondary N) is 1. The van der Waals surface area contributed by atoms with Crippen LogP contribution in [0, 0.1) is 25.7 Å². The zero-order valence-corrected chi connectivity index (χ0v) is 13.1. The first kappa shape index (κ1) is 14.0. The van der Waals surface area contributed by atoms with Gasteiger partial charge in [-0.2, -0.15) is 0 Å². The monoisotopic (exact) mass is 266 g/mol. The molecule has 0 bridgehead atoms. The molecule has 1 N–H and O–H groups in total. The molecule has 18 heavy (non-hydrogen) atoms. The summed E-state index contributed by atoms with van der Waals surface area (Å²) in [6.45, 7) is 11.3. The second kappa shape index (κ2) is 5.70. The normalized spacial score (nSPS) is 29.7. The number of thiazole rings is 1. The SMILES string of the molecule is CCC1CCC(NC(C)c2nc(C)sc2C)C1C. The van der Waals surface area contributed by atoms with E-state index in [0.29, 0.717) is 12.1 Å². The predicted octanol–water partition coefficient (Wildman–Crippen LogP) is 4.24. The molecule has 1 saturated carbocycles. The molecule has 1 fully saturated rings. The lowest BCUT2D eigenvalue weighted by Crippen LogP contribution is -2.35. The quantitative estimate of drug-likeness (QED) is 0.882. The average Bonchev–Trinajstić information content (AvgIpc) is 2.83. The van der Waals surface area contributed by atoms with Gasteiger partial charge in [0.2, 0.25) is 0 Å². The van der Waals surface area contributed by atoms with E-state index in [4.69, 9.17) is 0 Å². The van der Waals surface area contributed by atoms with E-state index in [-0.39, 0.29) is 0 Å². The molecule has 3 heteroatoms. The zero-order valence-electron chi connectivity index (χ0n) is 12.3. The topological polar surface area (TPSA) is 24.9 Å². The van der Waals surface area contributed by atoms with Crippen molar-refractivity contribution in [3.05, 3.63) is 15.6 Å². The van der Waals surface area contributed by atoms with E-state index >= 15 is 0 Å². The number of aromatic nitrogens is 1. The van der Waals surface area contributed by atoms with E-state index in [1.165, 1.54) is 34.8 Å². The van der Waals surface area contributed by atoms with Gasteiger partial charge in [0.1, 0.15) is 0 Å². The second-order valence-corrected chi connectivity index (χ2v) is 7.18. The third-order valence-electron chi connectivity index (χ3n) is 4.56. The molecular weight excluding hydrogens is 240 g/mol. The standard InChI is InChI=1S/C15H26N2S/c1-6-13-7-8-14(9(13)2)16-10(3)15-11(4)18-12(5)17-15/h9-10,13-14,16H,6-8H2,1-5H3. The van der Waals surface area contributed by atoms with Crippen LogP contribution in [0.4, 0.5) is 0 Å². The molecule has 1 aliphatic rings.